The minimum atomic E-state index is 0.774. The topological polar surface area (TPSA) is 12.0 Å². The summed E-state index contributed by atoms with van der Waals surface area (Å²) in [7, 11) is 0. The molecule has 3 heteroatoms. The summed E-state index contributed by atoms with van der Waals surface area (Å²) in [5.74, 6) is 0.820. The van der Waals surface area contributed by atoms with Crippen molar-refractivity contribution in [3.63, 3.8) is 0 Å². The second kappa shape index (κ2) is 4.11. The molecule has 1 fully saturated rings. The Labute approximate surface area is 91.7 Å². The maximum absolute atomic E-state index is 3.49. The molecule has 0 spiro atoms. The van der Waals surface area contributed by atoms with Crippen LogP contribution in [0, 0.1) is 0 Å². The van der Waals surface area contributed by atoms with Gasteiger partial charge in [0.25, 0.3) is 0 Å². The number of thiophene rings is 1. The van der Waals surface area contributed by atoms with Crippen LogP contribution in [0.25, 0.3) is 0 Å². The van der Waals surface area contributed by atoms with Crippen molar-refractivity contribution >= 4 is 27.3 Å². The Balaban J connectivity index is 1.86. The molecule has 1 nitrogen and oxygen atoms in total. The Kier molecular flexibility index (Phi) is 3.06. The third-order valence-corrected chi connectivity index (χ3v) is 4.48. The molecule has 13 heavy (non-hydrogen) atoms. The molecule has 0 bridgehead atoms. The van der Waals surface area contributed by atoms with E-state index in [1.165, 1.54) is 17.3 Å². The van der Waals surface area contributed by atoms with E-state index < -0.39 is 0 Å². The van der Waals surface area contributed by atoms with E-state index in [1.54, 1.807) is 4.88 Å². The molecule has 1 N–H and O–H groups in total. The van der Waals surface area contributed by atoms with Gasteiger partial charge in [0.15, 0.2) is 0 Å². The molecule has 0 unspecified atom stereocenters. The van der Waals surface area contributed by atoms with Crippen molar-refractivity contribution in [3.05, 3.63) is 20.8 Å². The van der Waals surface area contributed by atoms with Gasteiger partial charge in [0, 0.05) is 20.8 Å². The molecule has 1 saturated carbocycles. The number of hydrogen-bond donors (Lipinski definition) is 1. The molecule has 0 aliphatic heterocycles. The van der Waals surface area contributed by atoms with Crippen LogP contribution in [0.5, 0.6) is 0 Å². The van der Waals surface area contributed by atoms with Crippen LogP contribution in [0.2, 0.25) is 0 Å². The fourth-order valence-corrected chi connectivity index (χ4v) is 3.42. The average molecular weight is 260 g/mol. The smallest absolute Gasteiger partial charge is 0.0285 e. The zero-order valence-electron chi connectivity index (χ0n) is 7.72. The van der Waals surface area contributed by atoms with Gasteiger partial charge >= 0.3 is 0 Å². The van der Waals surface area contributed by atoms with Crippen LogP contribution < -0.4 is 5.32 Å². The lowest BCUT2D eigenvalue weighted by atomic mass is 9.79. The Morgan fingerprint density at radius 2 is 2.38 bits per heavy atom. The fraction of sp³-hybridized carbons (Fsp3) is 0.600. The van der Waals surface area contributed by atoms with Gasteiger partial charge in [-0.2, -0.15) is 0 Å². The molecule has 1 aromatic heterocycles. The van der Waals surface area contributed by atoms with Gasteiger partial charge in [0.2, 0.25) is 0 Å². The van der Waals surface area contributed by atoms with Crippen molar-refractivity contribution in [1.29, 1.82) is 0 Å². The summed E-state index contributed by atoms with van der Waals surface area (Å²) in [6, 6.07) is 3.04. The third-order valence-electron chi connectivity index (χ3n) is 2.62. The van der Waals surface area contributed by atoms with Gasteiger partial charge in [0.1, 0.15) is 0 Å². The van der Waals surface area contributed by atoms with Crippen LogP contribution in [0.4, 0.5) is 0 Å². The molecule has 0 radical (unpaired) electrons. The van der Waals surface area contributed by atoms with Crippen LogP contribution in [0.3, 0.4) is 0 Å². The Morgan fingerprint density at radius 1 is 1.62 bits per heavy atom. The summed E-state index contributed by atoms with van der Waals surface area (Å²) < 4.78 is 1.24. The summed E-state index contributed by atoms with van der Waals surface area (Å²) in [6.07, 6.45) is 2.64. The highest BCUT2D eigenvalue weighted by molar-refractivity contribution is 9.10. The van der Waals surface area contributed by atoms with E-state index >= 15 is 0 Å². The van der Waals surface area contributed by atoms with Gasteiger partial charge in [0.05, 0.1) is 0 Å². The summed E-state index contributed by atoms with van der Waals surface area (Å²) in [5.41, 5.74) is 0. The average Bonchev–Trinajstić information content (AvgIpc) is 2.43. The number of halogens is 1. The molecule has 1 heterocycles. The van der Waals surface area contributed by atoms with Gasteiger partial charge < -0.3 is 5.32 Å². The quantitative estimate of drug-likeness (QED) is 0.878. The molecule has 0 saturated heterocycles. The molecule has 1 aliphatic rings. The van der Waals surface area contributed by atoms with Crippen LogP contribution in [0.1, 0.15) is 30.6 Å². The molecule has 0 atom stereocenters. The highest BCUT2D eigenvalue weighted by Crippen LogP contribution is 2.40. The van der Waals surface area contributed by atoms with Crippen molar-refractivity contribution in [2.24, 2.45) is 0 Å². The Bertz CT molecular complexity index is 278. The van der Waals surface area contributed by atoms with E-state index in [9.17, 15) is 0 Å². The molecule has 2 rings (SSSR count). The van der Waals surface area contributed by atoms with Crippen molar-refractivity contribution < 1.29 is 0 Å². The van der Waals surface area contributed by atoms with Gasteiger partial charge in [-0.25, -0.2) is 0 Å². The summed E-state index contributed by atoms with van der Waals surface area (Å²) >= 11 is 5.37. The SMILES string of the molecule is CCNC1CC(c2cc(Br)cs2)C1. The predicted molar refractivity (Wildman–Crippen MR) is 61.5 cm³/mol. The first-order valence-corrected chi connectivity index (χ1v) is 6.44. The first-order chi connectivity index (χ1) is 6.29. The molecule has 0 aromatic carbocycles. The molecule has 72 valence electrons. The van der Waals surface area contributed by atoms with Crippen LogP contribution >= 0.6 is 27.3 Å². The standard InChI is InChI=1S/C10H14BrNS/c1-2-12-9-3-7(4-9)10-5-8(11)6-13-10/h5-7,9,12H,2-4H2,1H3. The van der Waals surface area contributed by atoms with Crippen LogP contribution in [-0.2, 0) is 0 Å². The lowest BCUT2D eigenvalue weighted by Gasteiger charge is -2.35. The Hall–Kier alpha value is 0.140. The molecular weight excluding hydrogens is 246 g/mol. The molecule has 1 aliphatic carbocycles. The Morgan fingerprint density at radius 3 is 2.92 bits per heavy atom. The maximum Gasteiger partial charge on any atom is 0.0285 e. The zero-order chi connectivity index (χ0) is 9.26. The zero-order valence-corrected chi connectivity index (χ0v) is 10.1. The lowest BCUT2D eigenvalue weighted by Crippen LogP contribution is -2.39. The highest BCUT2D eigenvalue weighted by Gasteiger charge is 2.30. The van der Waals surface area contributed by atoms with E-state index in [-0.39, 0.29) is 0 Å². The van der Waals surface area contributed by atoms with E-state index in [4.69, 9.17) is 0 Å². The second-order valence-electron chi connectivity index (χ2n) is 3.59. The van der Waals surface area contributed by atoms with Crippen molar-refractivity contribution in [3.8, 4) is 0 Å². The van der Waals surface area contributed by atoms with Crippen molar-refractivity contribution in [2.75, 3.05) is 6.54 Å². The monoisotopic (exact) mass is 259 g/mol. The first kappa shape index (κ1) is 9.69. The molecule has 1 aromatic rings. The minimum absolute atomic E-state index is 0.774. The second-order valence-corrected chi connectivity index (χ2v) is 5.45. The van der Waals surface area contributed by atoms with E-state index in [1.807, 2.05) is 11.3 Å². The number of rotatable bonds is 3. The fourth-order valence-electron chi connectivity index (χ4n) is 1.85. The molecular formula is C10H14BrNS. The van der Waals surface area contributed by atoms with Gasteiger partial charge in [-0.1, -0.05) is 6.92 Å². The van der Waals surface area contributed by atoms with Crippen molar-refractivity contribution in [2.45, 2.75) is 31.7 Å². The van der Waals surface area contributed by atoms with Gasteiger partial charge in [-0.3, -0.25) is 0 Å². The van der Waals surface area contributed by atoms with E-state index in [2.05, 4.69) is 39.6 Å². The highest BCUT2D eigenvalue weighted by atomic mass is 79.9. The summed E-state index contributed by atoms with van der Waals surface area (Å²) in [5, 5.41) is 5.66. The van der Waals surface area contributed by atoms with Gasteiger partial charge in [-0.15, -0.1) is 11.3 Å². The first-order valence-electron chi connectivity index (χ1n) is 4.77. The van der Waals surface area contributed by atoms with E-state index in [0.717, 1.165) is 18.5 Å². The van der Waals surface area contributed by atoms with Crippen LogP contribution in [0.15, 0.2) is 15.9 Å². The molecule has 0 amide bonds. The maximum atomic E-state index is 3.49. The van der Waals surface area contributed by atoms with E-state index in [0.29, 0.717) is 0 Å². The summed E-state index contributed by atoms with van der Waals surface area (Å²) in [6.45, 7) is 3.28. The number of hydrogen-bond acceptors (Lipinski definition) is 2. The van der Waals surface area contributed by atoms with Crippen molar-refractivity contribution in [1.82, 2.24) is 5.32 Å². The largest absolute Gasteiger partial charge is 0.314 e. The minimum Gasteiger partial charge on any atom is -0.314 e. The normalized spacial score (nSPS) is 27.2. The third kappa shape index (κ3) is 2.14. The van der Waals surface area contributed by atoms with Gasteiger partial charge in [-0.05, 0) is 47.3 Å². The predicted octanol–water partition coefficient (Wildman–Crippen LogP) is 3.37. The number of nitrogens with one attached hydrogen (secondary N) is 1. The summed E-state index contributed by atoms with van der Waals surface area (Å²) in [4.78, 5) is 1.54. The lowest BCUT2D eigenvalue weighted by molar-refractivity contribution is 0.299. The van der Waals surface area contributed by atoms with Crippen LogP contribution in [-0.4, -0.2) is 12.6 Å².